The number of hydrogen-bond acceptors (Lipinski definition) is 4. The van der Waals surface area contributed by atoms with Gasteiger partial charge in [-0.05, 0) is 25.0 Å². The summed E-state index contributed by atoms with van der Waals surface area (Å²) in [6, 6.07) is 0.848. The van der Waals surface area contributed by atoms with Crippen molar-refractivity contribution in [1.29, 1.82) is 0 Å². The average Bonchev–Trinajstić information content (AvgIpc) is 2.40. The molecular formula is C12H14F2N2O4S. The Labute approximate surface area is 120 Å². The lowest BCUT2D eigenvalue weighted by Crippen LogP contribution is -2.39. The van der Waals surface area contributed by atoms with Crippen LogP contribution in [0.3, 0.4) is 0 Å². The van der Waals surface area contributed by atoms with Crippen molar-refractivity contribution in [3.63, 3.8) is 0 Å². The zero-order valence-electron chi connectivity index (χ0n) is 10.9. The number of nitrogens with one attached hydrogen (secondary N) is 1. The van der Waals surface area contributed by atoms with Crippen molar-refractivity contribution in [3.8, 4) is 0 Å². The lowest BCUT2D eigenvalue weighted by atomic mass is 10.1. The number of carbonyl (C=O) groups excluding carboxylic acids is 1. The number of ether oxygens (including phenoxy) is 1. The Morgan fingerprint density at radius 1 is 1.29 bits per heavy atom. The van der Waals surface area contributed by atoms with E-state index in [1.54, 1.807) is 0 Å². The van der Waals surface area contributed by atoms with Crippen LogP contribution in [0, 0.1) is 11.6 Å². The summed E-state index contributed by atoms with van der Waals surface area (Å²) in [7, 11) is -4.46. The molecule has 9 heteroatoms. The Kier molecular flexibility index (Phi) is 4.55. The van der Waals surface area contributed by atoms with Gasteiger partial charge in [-0.1, -0.05) is 0 Å². The molecule has 1 saturated heterocycles. The molecule has 6 nitrogen and oxygen atoms in total. The molecule has 0 aromatic heterocycles. The topological polar surface area (TPSA) is 98.5 Å². The zero-order chi connectivity index (χ0) is 15.6. The van der Waals surface area contributed by atoms with Crippen molar-refractivity contribution in [2.75, 3.05) is 13.2 Å². The van der Waals surface area contributed by atoms with Gasteiger partial charge in [0.2, 0.25) is 10.0 Å². The summed E-state index contributed by atoms with van der Waals surface area (Å²) in [5.41, 5.74) is -0.689. The SMILES string of the molecule is NS(=O)(=O)c1cc(F)cc(C(=O)NC2CCOCC2)c1F. The molecule has 3 N–H and O–H groups in total. The number of amides is 1. The van der Waals surface area contributed by atoms with E-state index in [9.17, 15) is 22.0 Å². The zero-order valence-corrected chi connectivity index (χ0v) is 11.8. The van der Waals surface area contributed by atoms with Gasteiger partial charge >= 0.3 is 0 Å². The summed E-state index contributed by atoms with van der Waals surface area (Å²) in [4.78, 5) is 10.9. The van der Waals surface area contributed by atoms with Crippen molar-refractivity contribution in [1.82, 2.24) is 5.32 Å². The van der Waals surface area contributed by atoms with Crippen molar-refractivity contribution >= 4 is 15.9 Å². The maximum atomic E-state index is 14.0. The number of carbonyl (C=O) groups is 1. The van der Waals surface area contributed by atoms with Crippen LogP contribution < -0.4 is 10.5 Å². The van der Waals surface area contributed by atoms with Crippen LogP contribution in [0.25, 0.3) is 0 Å². The lowest BCUT2D eigenvalue weighted by Gasteiger charge is -2.23. The van der Waals surface area contributed by atoms with Crippen LogP contribution in [0.15, 0.2) is 17.0 Å². The molecule has 1 heterocycles. The summed E-state index contributed by atoms with van der Waals surface area (Å²) in [5.74, 6) is -3.30. The summed E-state index contributed by atoms with van der Waals surface area (Å²) in [6.45, 7) is 0.915. The van der Waals surface area contributed by atoms with E-state index in [-0.39, 0.29) is 6.04 Å². The smallest absolute Gasteiger partial charge is 0.254 e. The molecule has 0 saturated carbocycles. The second-order valence-corrected chi connectivity index (χ2v) is 6.20. The van der Waals surface area contributed by atoms with Gasteiger partial charge < -0.3 is 10.1 Å². The quantitative estimate of drug-likeness (QED) is 0.848. The van der Waals surface area contributed by atoms with Crippen LogP contribution in [0.4, 0.5) is 8.78 Å². The van der Waals surface area contributed by atoms with Gasteiger partial charge in [-0.2, -0.15) is 0 Å². The van der Waals surface area contributed by atoms with Gasteiger partial charge in [0.15, 0.2) is 5.82 Å². The molecule has 1 aromatic rings. The maximum absolute atomic E-state index is 14.0. The number of nitrogens with two attached hydrogens (primary N) is 1. The predicted molar refractivity (Wildman–Crippen MR) is 69.0 cm³/mol. The molecule has 0 unspecified atom stereocenters. The van der Waals surface area contributed by atoms with E-state index in [2.05, 4.69) is 5.32 Å². The minimum Gasteiger partial charge on any atom is -0.381 e. The summed E-state index contributed by atoms with van der Waals surface area (Å²) in [5, 5.41) is 7.32. The fourth-order valence-corrected chi connectivity index (χ4v) is 2.68. The molecule has 1 amide bonds. The van der Waals surface area contributed by atoms with E-state index in [1.165, 1.54) is 0 Å². The van der Waals surface area contributed by atoms with E-state index >= 15 is 0 Å². The molecule has 2 rings (SSSR count). The third-order valence-corrected chi connectivity index (χ3v) is 4.02. The first-order valence-corrected chi connectivity index (χ1v) is 7.74. The molecule has 0 aliphatic carbocycles. The van der Waals surface area contributed by atoms with Gasteiger partial charge in [-0.15, -0.1) is 0 Å². The van der Waals surface area contributed by atoms with Crippen LogP contribution in [0.1, 0.15) is 23.2 Å². The summed E-state index contributed by atoms with van der Waals surface area (Å²) in [6.07, 6.45) is 1.09. The van der Waals surface area contributed by atoms with Gasteiger partial charge in [0, 0.05) is 19.3 Å². The van der Waals surface area contributed by atoms with Gasteiger partial charge in [0.25, 0.3) is 5.91 Å². The predicted octanol–water partition coefficient (Wildman–Crippen LogP) is 0.521. The number of sulfonamides is 1. The Morgan fingerprint density at radius 3 is 2.48 bits per heavy atom. The second kappa shape index (κ2) is 6.04. The number of hydrogen-bond donors (Lipinski definition) is 2. The fraction of sp³-hybridized carbons (Fsp3) is 0.417. The highest BCUT2D eigenvalue weighted by molar-refractivity contribution is 7.89. The number of primary sulfonamides is 1. The van der Waals surface area contributed by atoms with E-state index in [1.807, 2.05) is 0 Å². The van der Waals surface area contributed by atoms with Crippen LogP contribution >= 0.6 is 0 Å². The maximum Gasteiger partial charge on any atom is 0.254 e. The first-order valence-electron chi connectivity index (χ1n) is 6.19. The van der Waals surface area contributed by atoms with Crippen molar-refractivity contribution in [2.24, 2.45) is 5.14 Å². The lowest BCUT2D eigenvalue weighted by molar-refractivity contribution is 0.0694. The molecule has 1 fully saturated rings. The molecule has 116 valence electrons. The molecule has 0 atom stereocenters. The van der Waals surface area contributed by atoms with E-state index in [0.717, 1.165) is 0 Å². The summed E-state index contributed by atoms with van der Waals surface area (Å²) < 4.78 is 54.9. The highest BCUT2D eigenvalue weighted by atomic mass is 32.2. The van der Waals surface area contributed by atoms with Crippen LogP contribution in [0.2, 0.25) is 0 Å². The normalized spacial score (nSPS) is 16.7. The molecule has 1 aliphatic rings. The van der Waals surface area contributed by atoms with Gasteiger partial charge in [-0.3, -0.25) is 4.79 Å². The molecular weight excluding hydrogens is 306 g/mol. The number of halogens is 2. The third kappa shape index (κ3) is 3.74. The Hall–Kier alpha value is -1.58. The number of rotatable bonds is 3. The Bertz CT molecular complexity index is 657. The Balaban J connectivity index is 2.30. The highest BCUT2D eigenvalue weighted by Crippen LogP contribution is 2.20. The van der Waals surface area contributed by atoms with Crippen molar-refractivity contribution in [3.05, 3.63) is 29.3 Å². The van der Waals surface area contributed by atoms with E-state index in [0.29, 0.717) is 38.2 Å². The standard InChI is InChI=1S/C12H14F2N2O4S/c13-7-5-9(11(14)10(6-7)21(15,18)19)12(17)16-8-1-3-20-4-2-8/h5-6,8H,1-4H2,(H,16,17)(H2,15,18,19). The van der Waals surface area contributed by atoms with Gasteiger partial charge in [0.05, 0.1) is 5.56 Å². The fourth-order valence-electron chi connectivity index (χ4n) is 2.04. The summed E-state index contributed by atoms with van der Waals surface area (Å²) >= 11 is 0. The first kappa shape index (κ1) is 15.8. The molecule has 0 radical (unpaired) electrons. The largest absolute Gasteiger partial charge is 0.381 e. The second-order valence-electron chi connectivity index (χ2n) is 4.67. The minimum absolute atomic E-state index is 0.230. The molecule has 0 spiro atoms. The number of benzene rings is 1. The molecule has 21 heavy (non-hydrogen) atoms. The van der Waals surface area contributed by atoms with Crippen LogP contribution in [-0.2, 0) is 14.8 Å². The van der Waals surface area contributed by atoms with E-state index < -0.39 is 38.0 Å². The minimum atomic E-state index is -4.46. The molecule has 1 aromatic carbocycles. The van der Waals surface area contributed by atoms with Crippen molar-refractivity contribution in [2.45, 2.75) is 23.8 Å². The Morgan fingerprint density at radius 2 is 1.90 bits per heavy atom. The van der Waals surface area contributed by atoms with Crippen molar-refractivity contribution < 1.29 is 26.7 Å². The van der Waals surface area contributed by atoms with Crippen LogP contribution in [0.5, 0.6) is 0 Å². The molecule has 1 aliphatic heterocycles. The molecule has 0 bridgehead atoms. The van der Waals surface area contributed by atoms with E-state index in [4.69, 9.17) is 9.88 Å². The average molecular weight is 320 g/mol. The first-order chi connectivity index (χ1) is 9.79. The van der Waals surface area contributed by atoms with Gasteiger partial charge in [-0.25, -0.2) is 22.3 Å². The van der Waals surface area contributed by atoms with Crippen LogP contribution in [-0.4, -0.2) is 33.6 Å². The van der Waals surface area contributed by atoms with Gasteiger partial charge in [0.1, 0.15) is 10.7 Å². The third-order valence-electron chi connectivity index (χ3n) is 3.11. The highest BCUT2D eigenvalue weighted by Gasteiger charge is 2.25. The monoisotopic (exact) mass is 320 g/mol.